The van der Waals surface area contributed by atoms with Crippen LogP contribution in [0.3, 0.4) is 0 Å². The van der Waals surface area contributed by atoms with Gasteiger partial charge in [0, 0.05) is 11.6 Å². The van der Waals surface area contributed by atoms with Gasteiger partial charge >= 0.3 is 0 Å². The van der Waals surface area contributed by atoms with Crippen LogP contribution >= 0.6 is 11.6 Å². The number of halogens is 2. The number of ether oxygens (including phenoxy) is 2. The van der Waals surface area contributed by atoms with E-state index in [-0.39, 0.29) is 18.2 Å². The van der Waals surface area contributed by atoms with Crippen molar-refractivity contribution in [3.63, 3.8) is 0 Å². The molecular formula is C16H13ClFNO2. The molecule has 1 aromatic carbocycles. The largest absolute Gasteiger partial charge is 0.484 e. The van der Waals surface area contributed by atoms with Gasteiger partial charge in [0.15, 0.2) is 11.6 Å². The van der Waals surface area contributed by atoms with E-state index >= 15 is 0 Å². The zero-order chi connectivity index (χ0) is 15.1. The lowest BCUT2D eigenvalue weighted by atomic mass is 10.2. The number of pyridine rings is 1. The van der Waals surface area contributed by atoms with Crippen molar-refractivity contribution in [1.82, 2.24) is 4.98 Å². The molecule has 0 saturated heterocycles. The molecule has 0 aliphatic rings. The van der Waals surface area contributed by atoms with Crippen molar-refractivity contribution >= 4 is 11.6 Å². The molecule has 1 aromatic heterocycles. The Labute approximate surface area is 127 Å². The SMILES string of the molecule is COc1cccc(COc2cc(C#CCCl)ccc2F)n1. The normalized spacial score (nSPS) is 9.67. The van der Waals surface area contributed by atoms with E-state index in [4.69, 9.17) is 21.1 Å². The molecule has 3 nitrogen and oxygen atoms in total. The Hall–Kier alpha value is -2.25. The van der Waals surface area contributed by atoms with E-state index in [0.717, 1.165) is 0 Å². The number of hydrogen-bond donors (Lipinski definition) is 0. The van der Waals surface area contributed by atoms with Crippen LogP contribution in [0.15, 0.2) is 36.4 Å². The van der Waals surface area contributed by atoms with Gasteiger partial charge in [-0.1, -0.05) is 17.9 Å². The Morgan fingerprint density at radius 1 is 1.29 bits per heavy atom. The topological polar surface area (TPSA) is 31.4 Å². The number of alkyl halides is 1. The van der Waals surface area contributed by atoms with Crippen LogP contribution in [0.1, 0.15) is 11.3 Å². The smallest absolute Gasteiger partial charge is 0.213 e. The summed E-state index contributed by atoms with van der Waals surface area (Å²) in [6, 6.07) is 9.72. The molecule has 0 aliphatic carbocycles. The third kappa shape index (κ3) is 4.37. The van der Waals surface area contributed by atoms with Crippen LogP contribution in [0.2, 0.25) is 0 Å². The molecule has 2 rings (SSSR count). The first-order chi connectivity index (χ1) is 10.2. The standard InChI is InChI=1S/C16H13ClFNO2/c1-20-16-6-2-5-13(19-16)11-21-15-10-12(4-3-9-17)7-8-14(15)18/h2,5-8,10H,9,11H2,1H3. The summed E-state index contributed by atoms with van der Waals surface area (Å²) < 4.78 is 24.2. The average Bonchev–Trinajstić information content (AvgIpc) is 2.53. The lowest BCUT2D eigenvalue weighted by Gasteiger charge is -2.08. The molecule has 0 unspecified atom stereocenters. The van der Waals surface area contributed by atoms with Gasteiger partial charge in [0.25, 0.3) is 0 Å². The van der Waals surface area contributed by atoms with Gasteiger partial charge in [-0.05, 0) is 24.3 Å². The monoisotopic (exact) mass is 305 g/mol. The molecule has 0 N–H and O–H groups in total. The van der Waals surface area contributed by atoms with Crippen molar-refractivity contribution in [2.45, 2.75) is 6.61 Å². The van der Waals surface area contributed by atoms with E-state index in [0.29, 0.717) is 17.1 Å². The number of methoxy groups -OCH3 is 1. The fraction of sp³-hybridized carbons (Fsp3) is 0.188. The Kier molecular flexibility index (Phi) is 5.42. The lowest BCUT2D eigenvalue weighted by molar-refractivity contribution is 0.283. The summed E-state index contributed by atoms with van der Waals surface area (Å²) in [6.07, 6.45) is 0. The molecule has 0 amide bonds. The van der Waals surface area contributed by atoms with E-state index in [1.54, 1.807) is 24.3 Å². The molecule has 2 aromatic rings. The van der Waals surface area contributed by atoms with Crippen molar-refractivity contribution in [2.24, 2.45) is 0 Å². The summed E-state index contributed by atoms with van der Waals surface area (Å²) in [5.41, 5.74) is 1.29. The molecule has 1 heterocycles. The third-order valence-electron chi connectivity index (χ3n) is 2.60. The van der Waals surface area contributed by atoms with Gasteiger partial charge in [0.2, 0.25) is 5.88 Å². The van der Waals surface area contributed by atoms with Gasteiger partial charge in [-0.25, -0.2) is 9.37 Å². The first kappa shape index (κ1) is 15.1. The highest BCUT2D eigenvalue weighted by Crippen LogP contribution is 2.20. The molecule has 0 aliphatic heterocycles. The van der Waals surface area contributed by atoms with Gasteiger partial charge in [-0.3, -0.25) is 0 Å². The summed E-state index contributed by atoms with van der Waals surface area (Å²) in [5, 5.41) is 0. The second-order valence-electron chi connectivity index (χ2n) is 4.04. The predicted molar refractivity (Wildman–Crippen MR) is 79.1 cm³/mol. The highest BCUT2D eigenvalue weighted by atomic mass is 35.5. The first-order valence-corrected chi connectivity index (χ1v) is 6.73. The number of hydrogen-bond acceptors (Lipinski definition) is 3. The zero-order valence-corrected chi connectivity index (χ0v) is 12.2. The minimum Gasteiger partial charge on any atom is -0.484 e. The lowest BCUT2D eigenvalue weighted by Crippen LogP contribution is -2.01. The molecule has 0 radical (unpaired) electrons. The van der Waals surface area contributed by atoms with Crippen LogP contribution in [0.25, 0.3) is 0 Å². The van der Waals surface area contributed by atoms with Crippen LogP contribution in [-0.4, -0.2) is 18.0 Å². The van der Waals surface area contributed by atoms with Crippen molar-refractivity contribution in [2.75, 3.05) is 13.0 Å². The number of benzene rings is 1. The van der Waals surface area contributed by atoms with Crippen molar-refractivity contribution in [3.05, 3.63) is 53.5 Å². The fourth-order valence-corrected chi connectivity index (χ4v) is 1.70. The Morgan fingerprint density at radius 3 is 2.90 bits per heavy atom. The second kappa shape index (κ2) is 7.51. The van der Waals surface area contributed by atoms with Gasteiger partial charge in [0.1, 0.15) is 6.61 Å². The molecule has 0 spiro atoms. The van der Waals surface area contributed by atoms with Gasteiger partial charge < -0.3 is 9.47 Å². The van der Waals surface area contributed by atoms with E-state index < -0.39 is 5.82 Å². The number of nitrogens with zero attached hydrogens (tertiary/aromatic N) is 1. The maximum absolute atomic E-state index is 13.7. The number of aromatic nitrogens is 1. The zero-order valence-electron chi connectivity index (χ0n) is 11.4. The molecule has 5 heteroatoms. The maximum atomic E-state index is 13.7. The molecule has 108 valence electrons. The summed E-state index contributed by atoms with van der Waals surface area (Å²) >= 11 is 5.49. The minimum atomic E-state index is -0.450. The van der Waals surface area contributed by atoms with Crippen LogP contribution in [0.4, 0.5) is 4.39 Å². The van der Waals surface area contributed by atoms with Crippen LogP contribution in [0.5, 0.6) is 11.6 Å². The minimum absolute atomic E-state index is 0.126. The second-order valence-corrected chi connectivity index (χ2v) is 4.31. The Bertz CT molecular complexity index is 679. The van der Waals surface area contributed by atoms with E-state index in [1.807, 2.05) is 0 Å². The van der Waals surface area contributed by atoms with Crippen LogP contribution in [0, 0.1) is 17.7 Å². The van der Waals surface area contributed by atoms with Crippen molar-refractivity contribution < 1.29 is 13.9 Å². The molecule has 0 saturated carbocycles. The van der Waals surface area contributed by atoms with E-state index in [2.05, 4.69) is 16.8 Å². The van der Waals surface area contributed by atoms with Gasteiger partial charge in [-0.2, -0.15) is 0 Å². The van der Waals surface area contributed by atoms with Crippen molar-refractivity contribution in [3.8, 4) is 23.5 Å². The van der Waals surface area contributed by atoms with E-state index in [1.165, 1.54) is 19.2 Å². The fourth-order valence-electron chi connectivity index (χ4n) is 1.63. The van der Waals surface area contributed by atoms with Gasteiger partial charge in [-0.15, -0.1) is 11.6 Å². The summed E-state index contributed by atoms with van der Waals surface area (Å²) in [4.78, 5) is 4.19. The first-order valence-electron chi connectivity index (χ1n) is 6.20. The van der Waals surface area contributed by atoms with Crippen molar-refractivity contribution in [1.29, 1.82) is 0 Å². The maximum Gasteiger partial charge on any atom is 0.213 e. The summed E-state index contributed by atoms with van der Waals surface area (Å²) in [5.74, 6) is 5.91. The van der Waals surface area contributed by atoms with Crippen LogP contribution in [-0.2, 0) is 6.61 Å². The molecule has 21 heavy (non-hydrogen) atoms. The number of rotatable bonds is 4. The van der Waals surface area contributed by atoms with Gasteiger partial charge in [0.05, 0.1) is 18.7 Å². The molecule has 0 atom stereocenters. The average molecular weight is 306 g/mol. The Morgan fingerprint density at radius 2 is 2.14 bits per heavy atom. The summed E-state index contributed by atoms with van der Waals surface area (Å²) in [6.45, 7) is 0.139. The summed E-state index contributed by atoms with van der Waals surface area (Å²) in [7, 11) is 1.53. The highest BCUT2D eigenvalue weighted by molar-refractivity contribution is 6.19. The molecular weight excluding hydrogens is 293 g/mol. The highest BCUT2D eigenvalue weighted by Gasteiger charge is 2.06. The molecule has 0 fully saturated rings. The quantitative estimate of drug-likeness (QED) is 0.641. The predicted octanol–water partition coefficient (Wildman–Crippen LogP) is 3.40. The Balaban J connectivity index is 2.11. The van der Waals surface area contributed by atoms with E-state index in [9.17, 15) is 4.39 Å². The van der Waals surface area contributed by atoms with Crippen LogP contribution < -0.4 is 9.47 Å². The molecule has 0 bridgehead atoms. The third-order valence-corrected chi connectivity index (χ3v) is 2.73.